The first-order valence-corrected chi connectivity index (χ1v) is 6.81. The van der Waals surface area contributed by atoms with Gasteiger partial charge in [0.15, 0.2) is 0 Å². The van der Waals surface area contributed by atoms with E-state index in [-0.39, 0.29) is 0 Å². The third-order valence-electron chi connectivity index (χ3n) is 3.05. The molecule has 0 aliphatic carbocycles. The van der Waals surface area contributed by atoms with Gasteiger partial charge in [-0.15, -0.1) is 11.3 Å². The molecule has 0 saturated heterocycles. The van der Waals surface area contributed by atoms with Crippen molar-refractivity contribution in [2.75, 3.05) is 0 Å². The maximum atomic E-state index is 4.36. The molecule has 2 aromatic heterocycles. The van der Waals surface area contributed by atoms with Crippen LogP contribution < -0.4 is 5.32 Å². The third kappa shape index (κ3) is 3.17. The second-order valence-corrected chi connectivity index (χ2v) is 5.52. The monoisotopic (exact) mass is 249 g/mol. The third-order valence-corrected chi connectivity index (χ3v) is 3.93. The Hall–Kier alpha value is -1.13. The van der Waals surface area contributed by atoms with Crippen LogP contribution in [0, 0.1) is 6.92 Å². The molecule has 0 bridgehead atoms. The molecule has 2 heterocycles. The van der Waals surface area contributed by atoms with Gasteiger partial charge in [-0.05, 0) is 37.8 Å². The lowest BCUT2D eigenvalue weighted by molar-refractivity contribution is 0.366. The summed E-state index contributed by atoms with van der Waals surface area (Å²) >= 11 is 1.79. The van der Waals surface area contributed by atoms with Crippen LogP contribution in [0.5, 0.6) is 0 Å². The number of nitrogens with zero attached hydrogens (tertiary/aromatic N) is 2. The molecule has 0 radical (unpaired) electrons. The molecule has 2 rings (SSSR count). The summed E-state index contributed by atoms with van der Waals surface area (Å²) in [4.78, 5) is 1.38. The molecule has 17 heavy (non-hydrogen) atoms. The minimum absolute atomic E-state index is 0.365. The van der Waals surface area contributed by atoms with Crippen molar-refractivity contribution in [3.05, 3.63) is 40.3 Å². The summed E-state index contributed by atoms with van der Waals surface area (Å²) < 4.78 is 2.03. The number of nitrogens with one attached hydrogen (secondary N) is 1. The summed E-state index contributed by atoms with van der Waals surface area (Å²) in [7, 11) is 0. The molecule has 1 N–H and O–H groups in total. The minimum atomic E-state index is 0.365. The predicted molar refractivity (Wildman–Crippen MR) is 72.3 cm³/mol. The average Bonchev–Trinajstić information content (AvgIpc) is 2.95. The predicted octanol–water partition coefficient (Wildman–Crippen LogP) is 2.99. The SMILES string of the molecule is Cc1cnn([C@H](C)[C@H](C)NCc2cccs2)c1. The highest BCUT2D eigenvalue weighted by molar-refractivity contribution is 7.09. The van der Waals surface area contributed by atoms with Crippen LogP contribution in [0.3, 0.4) is 0 Å². The molecule has 0 spiro atoms. The van der Waals surface area contributed by atoms with Crippen LogP contribution in [0.4, 0.5) is 0 Å². The van der Waals surface area contributed by atoms with E-state index in [0.29, 0.717) is 12.1 Å². The van der Waals surface area contributed by atoms with Crippen LogP contribution in [-0.2, 0) is 6.54 Å². The van der Waals surface area contributed by atoms with E-state index in [4.69, 9.17) is 0 Å². The number of hydrogen-bond acceptors (Lipinski definition) is 3. The van der Waals surface area contributed by atoms with Gasteiger partial charge in [-0.3, -0.25) is 4.68 Å². The lowest BCUT2D eigenvalue weighted by atomic mass is 10.1. The summed E-state index contributed by atoms with van der Waals surface area (Å²) in [6.07, 6.45) is 4.00. The largest absolute Gasteiger partial charge is 0.307 e. The van der Waals surface area contributed by atoms with Crippen LogP contribution in [0.25, 0.3) is 0 Å². The van der Waals surface area contributed by atoms with Gasteiger partial charge < -0.3 is 5.32 Å². The van der Waals surface area contributed by atoms with Gasteiger partial charge in [0, 0.05) is 23.7 Å². The molecule has 0 saturated carbocycles. The maximum absolute atomic E-state index is 4.36. The van der Waals surface area contributed by atoms with Gasteiger partial charge in [0.25, 0.3) is 0 Å². The zero-order valence-corrected chi connectivity index (χ0v) is 11.4. The van der Waals surface area contributed by atoms with Crippen molar-refractivity contribution in [3.8, 4) is 0 Å². The van der Waals surface area contributed by atoms with Crippen LogP contribution in [-0.4, -0.2) is 15.8 Å². The van der Waals surface area contributed by atoms with Crippen molar-refractivity contribution in [3.63, 3.8) is 0 Å². The Balaban J connectivity index is 1.89. The second kappa shape index (κ2) is 5.47. The van der Waals surface area contributed by atoms with Crippen molar-refractivity contribution < 1.29 is 0 Å². The average molecular weight is 249 g/mol. The Morgan fingerprint density at radius 2 is 2.29 bits per heavy atom. The van der Waals surface area contributed by atoms with Gasteiger partial charge >= 0.3 is 0 Å². The quantitative estimate of drug-likeness (QED) is 0.883. The van der Waals surface area contributed by atoms with Gasteiger partial charge in [-0.1, -0.05) is 6.07 Å². The molecule has 4 heteroatoms. The second-order valence-electron chi connectivity index (χ2n) is 4.49. The van der Waals surface area contributed by atoms with Crippen molar-refractivity contribution >= 4 is 11.3 Å². The topological polar surface area (TPSA) is 29.9 Å². The van der Waals surface area contributed by atoms with Crippen LogP contribution in [0.1, 0.15) is 30.3 Å². The van der Waals surface area contributed by atoms with Gasteiger partial charge in [-0.2, -0.15) is 5.10 Å². The summed E-state index contributed by atoms with van der Waals surface area (Å²) in [5.41, 5.74) is 1.21. The summed E-state index contributed by atoms with van der Waals surface area (Å²) in [5.74, 6) is 0. The standard InChI is InChI=1S/C13H19N3S/c1-10-7-15-16(9-10)12(3)11(2)14-8-13-5-4-6-17-13/h4-7,9,11-12,14H,8H2,1-3H3/t11-,12+/m0/s1. The van der Waals surface area contributed by atoms with Gasteiger partial charge in [0.2, 0.25) is 0 Å². The molecule has 0 unspecified atom stereocenters. The summed E-state index contributed by atoms with van der Waals surface area (Å²) in [6, 6.07) is 5.01. The molecule has 2 aromatic rings. The molecule has 0 fully saturated rings. The first kappa shape index (κ1) is 12.3. The number of rotatable bonds is 5. The van der Waals surface area contributed by atoms with Crippen molar-refractivity contribution in [1.29, 1.82) is 0 Å². The minimum Gasteiger partial charge on any atom is -0.307 e. The zero-order chi connectivity index (χ0) is 12.3. The molecule has 0 aromatic carbocycles. The zero-order valence-electron chi connectivity index (χ0n) is 10.6. The fraction of sp³-hybridized carbons (Fsp3) is 0.462. The van der Waals surface area contributed by atoms with E-state index in [1.165, 1.54) is 10.4 Å². The van der Waals surface area contributed by atoms with E-state index < -0.39 is 0 Å². The fourth-order valence-electron chi connectivity index (χ4n) is 1.73. The van der Waals surface area contributed by atoms with Crippen LogP contribution >= 0.6 is 11.3 Å². The van der Waals surface area contributed by atoms with Gasteiger partial charge in [-0.25, -0.2) is 0 Å². The lowest BCUT2D eigenvalue weighted by Crippen LogP contribution is -2.33. The van der Waals surface area contributed by atoms with E-state index in [0.717, 1.165) is 6.54 Å². The smallest absolute Gasteiger partial charge is 0.0641 e. The van der Waals surface area contributed by atoms with Crippen LogP contribution in [0.15, 0.2) is 29.9 Å². The molecule has 92 valence electrons. The van der Waals surface area contributed by atoms with E-state index in [1.807, 2.05) is 10.9 Å². The molecule has 0 aliphatic rings. The maximum Gasteiger partial charge on any atom is 0.0641 e. The van der Waals surface area contributed by atoms with E-state index in [1.54, 1.807) is 11.3 Å². The number of hydrogen-bond donors (Lipinski definition) is 1. The summed E-state index contributed by atoms with van der Waals surface area (Å²) in [5, 5.41) is 10.0. The first-order chi connectivity index (χ1) is 8.16. The lowest BCUT2D eigenvalue weighted by Gasteiger charge is -2.21. The Labute approximate surface area is 106 Å². The normalized spacial score (nSPS) is 14.8. The van der Waals surface area contributed by atoms with Gasteiger partial charge in [0.05, 0.1) is 12.2 Å². The van der Waals surface area contributed by atoms with E-state index >= 15 is 0 Å². The van der Waals surface area contributed by atoms with Crippen molar-refractivity contribution in [2.24, 2.45) is 0 Å². The number of aromatic nitrogens is 2. The van der Waals surface area contributed by atoms with Crippen LogP contribution in [0.2, 0.25) is 0 Å². The number of thiophene rings is 1. The van der Waals surface area contributed by atoms with Crippen molar-refractivity contribution in [1.82, 2.24) is 15.1 Å². The Bertz CT molecular complexity index is 447. The highest BCUT2D eigenvalue weighted by Gasteiger charge is 2.14. The Morgan fingerprint density at radius 3 is 2.88 bits per heavy atom. The molecule has 2 atom stereocenters. The van der Waals surface area contributed by atoms with E-state index in [9.17, 15) is 0 Å². The van der Waals surface area contributed by atoms with Gasteiger partial charge in [0.1, 0.15) is 0 Å². The molecule has 0 amide bonds. The highest BCUT2D eigenvalue weighted by atomic mass is 32.1. The Kier molecular flexibility index (Phi) is 3.97. The van der Waals surface area contributed by atoms with E-state index in [2.05, 4.69) is 54.9 Å². The fourth-order valence-corrected chi connectivity index (χ4v) is 2.39. The Morgan fingerprint density at radius 1 is 1.47 bits per heavy atom. The number of aryl methyl sites for hydroxylation is 1. The molecule has 0 aliphatic heterocycles. The highest BCUT2D eigenvalue weighted by Crippen LogP contribution is 2.13. The summed E-state index contributed by atoms with van der Waals surface area (Å²) in [6.45, 7) is 7.40. The molecular formula is C13H19N3S. The first-order valence-electron chi connectivity index (χ1n) is 5.93. The van der Waals surface area contributed by atoms with Crippen molar-refractivity contribution in [2.45, 2.75) is 39.4 Å². The molecular weight excluding hydrogens is 230 g/mol. The molecule has 3 nitrogen and oxygen atoms in total.